The summed E-state index contributed by atoms with van der Waals surface area (Å²) in [5.74, 6) is 2.43. The van der Waals surface area contributed by atoms with E-state index in [-0.39, 0.29) is 6.61 Å². The zero-order valence-corrected chi connectivity index (χ0v) is 10.9. The Balaban J connectivity index is 2.98. The van der Waals surface area contributed by atoms with Crippen LogP contribution in [0.5, 0.6) is 0 Å². The molecule has 1 aromatic heterocycles. The normalized spacial score (nSPS) is 10.5. The summed E-state index contributed by atoms with van der Waals surface area (Å²) < 4.78 is 0. The fourth-order valence-corrected chi connectivity index (χ4v) is 2.17. The predicted molar refractivity (Wildman–Crippen MR) is 68.1 cm³/mol. The summed E-state index contributed by atoms with van der Waals surface area (Å²) >= 11 is 1.58. The lowest BCUT2D eigenvalue weighted by molar-refractivity contribution is 0.322. The minimum Gasteiger partial charge on any atom is -0.396 e. The molecule has 0 aliphatic rings. The van der Waals surface area contributed by atoms with Crippen molar-refractivity contribution in [1.82, 2.24) is 9.97 Å². The van der Waals surface area contributed by atoms with Gasteiger partial charge in [-0.1, -0.05) is 6.92 Å². The maximum Gasteiger partial charge on any atom is 0.133 e. The van der Waals surface area contributed by atoms with Gasteiger partial charge in [0.2, 0.25) is 0 Å². The van der Waals surface area contributed by atoms with E-state index in [0.29, 0.717) is 5.75 Å². The monoisotopic (exact) mass is 241 g/mol. The molecule has 0 radical (unpaired) electrons. The van der Waals surface area contributed by atoms with Crippen molar-refractivity contribution >= 4 is 17.6 Å². The fourth-order valence-electron chi connectivity index (χ4n) is 1.40. The van der Waals surface area contributed by atoms with Crippen LogP contribution >= 0.6 is 11.8 Å². The first-order chi connectivity index (χ1) is 7.72. The van der Waals surface area contributed by atoms with Crippen molar-refractivity contribution in [2.45, 2.75) is 31.7 Å². The van der Waals surface area contributed by atoms with Crippen LogP contribution in [0.2, 0.25) is 0 Å². The average molecular weight is 241 g/mol. The van der Waals surface area contributed by atoms with E-state index >= 15 is 0 Å². The Bertz CT molecular complexity index is 344. The average Bonchev–Trinajstić information content (AvgIpc) is 2.29. The molecule has 0 saturated carbocycles. The Labute approximate surface area is 101 Å². The minimum absolute atomic E-state index is 0.173. The molecule has 90 valence electrons. The summed E-state index contributed by atoms with van der Waals surface area (Å²) in [5, 5.41) is 12.9. The molecule has 5 heteroatoms. The molecule has 0 aliphatic heterocycles. The van der Waals surface area contributed by atoms with Gasteiger partial charge < -0.3 is 10.4 Å². The van der Waals surface area contributed by atoms with Crippen molar-refractivity contribution in [3.05, 3.63) is 11.4 Å². The summed E-state index contributed by atoms with van der Waals surface area (Å²) in [6, 6.07) is 0. The molecule has 2 N–H and O–H groups in total. The van der Waals surface area contributed by atoms with Gasteiger partial charge in [-0.25, -0.2) is 9.97 Å². The zero-order valence-electron chi connectivity index (χ0n) is 10.1. The standard InChI is InChI=1S/C11H19N3OS/c1-4-5-9-13-10(12-3)8(2)11(14-9)16-7-6-15/h15H,4-7H2,1-3H3,(H,12,13,14). The van der Waals surface area contributed by atoms with E-state index < -0.39 is 0 Å². The Morgan fingerprint density at radius 3 is 2.69 bits per heavy atom. The summed E-state index contributed by atoms with van der Waals surface area (Å²) in [7, 11) is 1.87. The first-order valence-corrected chi connectivity index (χ1v) is 6.50. The molecule has 0 spiro atoms. The van der Waals surface area contributed by atoms with Crippen LogP contribution in [0.3, 0.4) is 0 Å². The molecule has 0 unspecified atom stereocenters. The second-order valence-corrected chi connectivity index (χ2v) is 4.57. The van der Waals surface area contributed by atoms with E-state index in [1.165, 1.54) is 0 Å². The van der Waals surface area contributed by atoms with Gasteiger partial charge in [-0.05, 0) is 13.3 Å². The molecular weight excluding hydrogens is 222 g/mol. The van der Waals surface area contributed by atoms with Gasteiger partial charge in [0.1, 0.15) is 16.7 Å². The molecule has 1 rings (SSSR count). The molecule has 0 fully saturated rings. The van der Waals surface area contributed by atoms with E-state index in [4.69, 9.17) is 5.11 Å². The number of aryl methyl sites for hydroxylation is 1. The summed E-state index contributed by atoms with van der Waals surface area (Å²) in [6.45, 7) is 4.29. The van der Waals surface area contributed by atoms with Gasteiger partial charge in [-0.3, -0.25) is 0 Å². The molecule has 0 atom stereocenters. The number of thioether (sulfide) groups is 1. The van der Waals surface area contributed by atoms with Crippen LogP contribution in [-0.4, -0.2) is 34.5 Å². The maximum absolute atomic E-state index is 8.84. The van der Waals surface area contributed by atoms with E-state index in [2.05, 4.69) is 22.2 Å². The van der Waals surface area contributed by atoms with Crippen molar-refractivity contribution in [3.63, 3.8) is 0 Å². The SMILES string of the molecule is CCCc1nc(NC)c(C)c(SCCO)n1. The Kier molecular flexibility index (Phi) is 5.55. The van der Waals surface area contributed by atoms with Gasteiger partial charge in [-0.15, -0.1) is 11.8 Å². The molecule has 0 amide bonds. The third kappa shape index (κ3) is 3.35. The maximum atomic E-state index is 8.84. The quantitative estimate of drug-likeness (QED) is 0.588. The topological polar surface area (TPSA) is 58.0 Å². The first kappa shape index (κ1) is 13.3. The number of hydrogen-bond donors (Lipinski definition) is 2. The van der Waals surface area contributed by atoms with Crippen LogP contribution in [0.1, 0.15) is 24.7 Å². The fraction of sp³-hybridized carbons (Fsp3) is 0.636. The third-order valence-corrected chi connectivity index (χ3v) is 3.25. The molecule has 1 heterocycles. The molecular formula is C11H19N3OS. The van der Waals surface area contributed by atoms with Crippen LogP contribution in [0.15, 0.2) is 5.03 Å². The highest BCUT2D eigenvalue weighted by molar-refractivity contribution is 7.99. The summed E-state index contributed by atoms with van der Waals surface area (Å²) in [5.41, 5.74) is 1.06. The number of anilines is 1. The van der Waals surface area contributed by atoms with Crippen LogP contribution in [-0.2, 0) is 6.42 Å². The van der Waals surface area contributed by atoms with Crippen molar-refractivity contribution < 1.29 is 5.11 Å². The highest BCUT2D eigenvalue weighted by Gasteiger charge is 2.09. The molecule has 4 nitrogen and oxygen atoms in total. The van der Waals surface area contributed by atoms with Gasteiger partial charge in [0.05, 0.1) is 6.61 Å². The molecule has 16 heavy (non-hydrogen) atoms. The van der Waals surface area contributed by atoms with Gasteiger partial charge in [0.25, 0.3) is 0 Å². The second kappa shape index (κ2) is 6.70. The zero-order chi connectivity index (χ0) is 12.0. The number of nitrogens with zero attached hydrogens (tertiary/aromatic N) is 2. The Hall–Kier alpha value is -0.810. The van der Waals surface area contributed by atoms with E-state index in [1.807, 2.05) is 14.0 Å². The van der Waals surface area contributed by atoms with Crippen LogP contribution < -0.4 is 5.32 Å². The number of rotatable bonds is 6. The van der Waals surface area contributed by atoms with Gasteiger partial charge in [0.15, 0.2) is 0 Å². The van der Waals surface area contributed by atoms with Crippen LogP contribution in [0.4, 0.5) is 5.82 Å². The van der Waals surface area contributed by atoms with Crippen molar-refractivity contribution in [3.8, 4) is 0 Å². The van der Waals surface area contributed by atoms with Gasteiger partial charge in [0, 0.05) is 24.8 Å². The lowest BCUT2D eigenvalue weighted by Gasteiger charge is -2.11. The lowest BCUT2D eigenvalue weighted by atomic mass is 10.3. The summed E-state index contributed by atoms with van der Waals surface area (Å²) in [4.78, 5) is 8.96. The second-order valence-electron chi connectivity index (χ2n) is 3.49. The number of aliphatic hydroxyl groups excluding tert-OH is 1. The molecule has 0 bridgehead atoms. The third-order valence-electron chi connectivity index (χ3n) is 2.19. The largest absolute Gasteiger partial charge is 0.396 e. The number of aromatic nitrogens is 2. The highest BCUT2D eigenvalue weighted by atomic mass is 32.2. The number of hydrogen-bond acceptors (Lipinski definition) is 5. The highest BCUT2D eigenvalue weighted by Crippen LogP contribution is 2.24. The molecule has 0 aromatic carbocycles. The van der Waals surface area contributed by atoms with E-state index in [0.717, 1.165) is 35.1 Å². The summed E-state index contributed by atoms with van der Waals surface area (Å²) in [6.07, 6.45) is 1.93. The number of nitrogens with one attached hydrogen (secondary N) is 1. The molecule has 0 aliphatic carbocycles. The number of aliphatic hydroxyl groups is 1. The van der Waals surface area contributed by atoms with Crippen molar-refractivity contribution in [2.75, 3.05) is 24.7 Å². The first-order valence-electron chi connectivity index (χ1n) is 5.51. The van der Waals surface area contributed by atoms with E-state index in [9.17, 15) is 0 Å². The van der Waals surface area contributed by atoms with Crippen LogP contribution in [0, 0.1) is 6.92 Å². The van der Waals surface area contributed by atoms with E-state index in [1.54, 1.807) is 11.8 Å². The Morgan fingerprint density at radius 1 is 1.38 bits per heavy atom. The Morgan fingerprint density at radius 2 is 2.12 bits per heavy atom. The minimum atomic E-state index is 0.173. The van der Waals surface area contributed by atoms with Crippen LogP contribution in [0.25, 0.3) is 0 Å². The lowest BCUT2D eigenvalue weighted by Crippen LogP contribution is -2.05. The molecule has 1 aromatic rings. The van der Waals surface area contributed by atoms with Gasteiger partial charge in [-0.2, -0.15) is 0 Å². The van der Waals surface area contributed by atoms with Crippen molar-refractivity contribution in [2.24, 2.45) is 0 Å². The van der Waals surface area contributed by atoms with Gasteiger partial charge >= 0.3 is 0 Å². The van der Waals surface area contributed by atoms with Crippen molar-refractivity contribution in [1.29, 1.82) is 0 Å². The smallest absolute Gasteiger partial charge is 0.133 e. The predicted octanol–water partition coefficient (Wildman–Crippen LogP) is 1.86. The molecule has 0 saturated heterocycles.